The van der Waals surface area contributed by atoms with Gasteiger partial charge in [0.2, 0.25) is 0 Å². The molecule has 0 aliphatic carbocycles. The molecule has 0 amide bonds. The van der Waals surface area contributed by atoms with E-state index >= 15 is 0 Å². The summed E-state index contributed by atoms with van der Waals surface area (Å²) >= 11 is 0. The summed E-state index contributed by atoms with van der Waals surface area (Å²) in [5, 5.41) is 6.99. The number of hydrogen-bond donors (Lipinski definition) is 0. The Morgan fingerprint density at radius 1 is 0.645 bits per heavy atom. The van der Waals surface area contributed by atoms with Crippen LogP contribution in [0, 0.1) is 5.82 Å². The van der Waals surface area contributed by atoms with Gasteiger partial charge in [-0.05, 0) is 36.4 Å². The second-order valence-electron chi connectivity index (χ2n) is 6.92. The maximum absolute atomic E-state index is 13.4. The quantitative estimate of drug-likeness (QED) is 0.324. The molecule has 0 atom stereocenters. The third kappa shape index (κ3) is 4.11. The Balaban J connectivity index is 0.00000231. The molecule has 3 nitrogen and oxygen atoms in total. The van der Waals surface area contributed by atoms with Crippen molar-refractivity contribution in [3.05, 3.63) is 120 Å². The monoisotopic (exact) mass is 427 g/mol. The van der Waals surface area contributed by atoms with Gasteiger partial charge in [0.25, 0.3) is 0 Å². The fraction of sp³-hybridized carbons (Fsp3) is 0. The predicted molar refractivity (Wildman–Crippen MR) is 125 cm³/mol. The van der Waals surface area contributed by atoms with Crippen LogP contribution < -0.4 is 5.49 Å². The molecule has 0 bridgehead atoms. The third-order valence-corrected chi connectivity index (χ3v) is 4.93. The number of benzene rings is 4. The van der Waals surface area contributed by atoms with Crippen LogP contribution in [0.5, 0.6) is 0 Å². The van der Waals surface area contributed by atoms with Crippen molar-refractivity contribution >= 4 is 28.9 Å². The van der Waals surface area contributed by atoms with Gasteiger partial charge >= 0.3 is 0 Å². The van der Waals surface area contributed by atoms with Gasteiger partial charge in [0.15, 0.2) is 5.49 Å². The molecule has 4 aromatic carbocycles. The maximum Gasteiger partial charge on any atom is 0.162 e. The van der Waals surface area contributed by atoms with Gasteiger partial charge < -0.3 is 0 Å². The Kier molecular flexibility index (Phi) is 5.92. The second kappa shape index (κ2) is 8.94. The molecular formula is C26H19ClFN3. The Morgan fingerprint density at radius 3 is 1.90 bits per heavy atom. The van der Waals surface area contributed by atoms with Gasteiger partial charge in [-0.25, -0.2) is 14.1 Å². The Labute approximate surface area is 185 Å². The van der Waals surface area contributed by atoms with Crippen LogP contribution in [0.15, 0.2) is 114 Å². The first kappa shape index (κ1) is 20.5. The lowest BCUT2D eigenvalue weighted by molar-refractivity contribution is 0.628. The molecule has 0 N–H and O–H groups in total. The van der Waals surface area contributed by atoms with Gasteiger partial charge in [-0.3, -0.25) is 0 Å². The minimum atomic E-state index is -0.285. The van der Waals surface area contributed by atoms with Crippen molar-refractivity contribution in [3.8, 4) is 16.9 Å². The van der Waals surface area contributed by atoms with Crippen LogP contribution in [0.4, 0.5) is 10.1 Å². The third-order valence-electron chi connectivity index (χ3n) is 4.93. The molecule has 1 heterocycles. The summed E-state index contributed by atoms with van der Waals surface area (Å²) in [5.74, 6) is -0.285. The molecule has 0 aliphatic heterocycles. The number of nitrogens with zero attached hydrogens (tertiary/aromatic N) is 3. The molecule has 0 fully saturated rings. The van der Waals surface area contributed by atoms with Gasteiger partial charge in [0.1, 0.15) is 5.82 Å². The Morgan fingerprint density at radius 2 is 1.23 bits per heavy atom. The Hall–Kier alpha value is -3.76. The normalized spacial score (nSPS) is 11.3. The number of halogens is 2. The lowest BCUT2D eigenvalue weighted by Crippen LogP contribution is -2.23. The van der Waals surface area contributed by atoms with Crippen molar-refractivity contribution in [3.63, 3.8) is 0 Å². The smallest absolute Gasteiger partial charge is 0.162 e. The number of rotatable bonds is 3. The SMILES string of the molecule is Cl.Fc1ccc(N=c2c3ccccc3c(-c3ccccc3)nn2-c2ccccc2)cc1. The van der Waals surface area contributed by atoms with Gasteiger partial charge in [-0.1, -0.05) is 72.8 Å². The topological polar surface area (TPSA) is 30.2 Å². The molecule has 0 saturated carbocycles. The lowest BCUT2D eigenvalue weighted by atomic mass is 10.0. The summed E-state index contributed by atoms with van der Waals surface area (Å²) in [4.78, 5) is 4.86. The van der Waals surface area contributed by atoms with Crippen molar-refractivity contribution in [2.75, 3.05) is 0 Å². The first-order chi connectivity index (χ1) is 14.8. The molecule has 0 saturated heterocycles. The van der Waals surface area contributed by atoms with Crippen LogP contribution in [-0.4, -0.2) is 9.78 Å². The van der Waals surface area contributed by atoms with E-state index in [0.29, 0.717) is 11.2 Å². The van der Waals surface area contributed by atoms with Crippen LogP contribution >= 0.6 is 12.4 Å². The van der Waals surface area contributed by atoms with E-state index in [4.69, 9.17) is 10.1 Å². The molecule has 31 heavy (non-hydrogen) atoms. The van der Waals surface area contributed by atoms with Gasteiger partial charge in [0.05, 0.1) is 17.1 Å². The highest BCUT2D eigenvalue weighted by Gasteiger charge is 2.12. The standard InChI is InChI=1S/C26H18FN3.ClH/c27-20-15-17-21(18-16-20)28-26-24-14-8-7-13-23(24)25(19-9-3-1-4-10-19)29-30(26)22-11-5-2-6-12-22;/h1-18H;1H. The minimum Gasteiger partial charge on any atom is -0.229 e. The molecule has 0 unspecified atom stereocenters. The molecule has 1 aromatic heterocycles. The summed E-state index contributed by atoms with van der Waals surface area (Å²) in [6.45, 7) is 0. The number of para-hydroxylation sites is 1. The van der Waals surface area contributed by atoms with Crippen molar-refractivity contribution in [1.29, 1.82) is 0 Å². The van der Waals surface area contributed by atoms with Crippen molar-refractivity contribution in [2.45, 2.75) is 0 Å². The van der Waals surface area contributed by atoms with Crippen LogP contribution in [0.2, 0.25) is 0 Å². The van der Waals surface area contributed by atoms with Crippen LogP contribution in [0.3, 0.4) is 0 Å². The highest BCUT2D eigenvalue weighted by molar-refractivity contribution is 5.93. The van der Waals surface area contributed by atoms with Crippen molar-refractivity contribution in [1.82, 2.24) is 9.78 Å². The molecule has 0 aliphatic rings. The number of hydrogen-bond acceptors (Lipinski definition) is 2. The van der Waals surface area contributed by atoms with E-state index in [2.05, 4.69) is 18.2 Å². The molecule has 5 aromatic rings. The fourth-order valence-electron chi connectivity index (χ4n) is 3.50. The number of fused-ring (bicyclic) bond motifs is 1. The zero-order chi connectivity index (χ0) is 20.3. The minimum absolute atomic E-state index is 0. The zero-order valence-electron chi connectivity index (χ0n) is 16.5. The summed E-state index contributed by atoms with van der Waals surface area (Å²) < 4.78 is 15.3. The Bertz CT molecular complexity index is 1380. The van der Waals surface area contributed by atoms with Gasteiger partial charge in [-0.15, -0.1) is 12.4 Å². The molecule has 5 rings (SSSR count). The van der Waals surface area contributed by atoms with E-state index in [-0.39, 0.29) is 18.2 Å². The maximum atomic E-state index is 13.4. The van der Waals surface area contributed by atoms with Crippen molar-refractivity contribution < 1.29 is 4.39 Å². The van der Waals surface area contributed by atoms with E-state index in [1.807, 2.05) is 71.4 Å². The average Bonchev–Trinajstić information content (AvgIpc) is 2.82. The van der Waals surface area contributed by atoms with E-state index in [0.717, 1.165) is 27.7 Å². The van der Waals surface area contributed by atoms with Crippen LogP contribution in [-0.2, 0) is 0 Å². The van der Waals surface area contributed by atoms with E-state index < -0.39 is 0 Å². The summed E-state index contributed by atoms with van der Waals surface area (Å²) in [6, 6.07) is 34.3. The molecule has 0 spiro atoms. The fourth-order valence-corrected chi connectivity index (χ4v) is 3.50. The summed E-state index contributed by atoms with van der Waals surface area (Å²) in [7, 11) is 0. The molecule has 0 radical (unpaired) electrons. The van der Waals surface area contributed by atoms with Gasteiger partial charge in [0, 0.05) is 16.3 Å². The van der Waals surface area contributed by atoms with E-state index in [1.54, 1.807) is 12.1 Å². The highest BCUT2D eigenvalue weighted by Crippen LogP contribution is 2.25. The van der Waals surface area contributed by atoms with Crippen LogP contribution in [0.1, 0.15) is 0 Å². The average molecular weight is 428 g/mol. The summed E-state index contributed by atoms with van der Waals surface area (Å²) in [5.41, 5.74) is 4.18. The molecule has 5 heteroatoms. The molecule has 152 valence electrons. The van der Waals surface area contributed by atoms with Gasteiger partial charge in [-0.2, -0.15) is 5.10 Å². The van der Waals surface area contributed by atoms with E-state index in [1.165, 1.54) is 12.1 Å². The first-order valence-corrected chi connectivity index (χ1v) is 9.73. The second-order valence-corrected chi connectivity index (χ2v) is 6.92. The highest BCUT2D eigenvalue weighted by atomic mass is 35.5. The zero-order valence-corrected chi connectivity index (χ0v) is 17.3. The number of aromatic nitrogens is 2. The summed E-state index contributed by atoms with van der Waals surface area (Å²) in [6.07, 6.45) is 0. The first-order valence-electron chi connectivity index (χ1n) is 9.73. The lowest BCUT2D eigenvalue weighted by Gasteiger charge is -2.13. The van der Waals surface area contributed by atoms with Crippen molar-refractivity contribution in [2.24, 2.45) is 4.99 Å². The van der Waals surface area contributed by atoms with E-state index in [9.17, 15) is 4.39 Å². The largest absolute Gasteiger partial charge is 0.229 e. The predicted octanol–water partition coefficient (Wildman–Crippen LogP) is 6.49. The molecular weight excluding hydrogens is 409 g/mol. The van der Waals surface area contributed by atoms with Crippen LogP contribution in [0.25, 0.3) is 27.7 Å².